The smallest absolute Gasteiger partial charge is 0.0934 e. The molecule has 0 saturated carbocycles. The zero-order valence-corrected chi connectivity index (χ0v) is 11.6. The molecule has 1 aromatic carbocycles. The van der Waals surface area contributed by atoms with Crippen LogP contribution in [0.3, 0.4) is 0 Å². The van der Waals surface area contributed by atoms with Crippen molar-refractivity contribution in [2.45, 2.75) is 19.9 Å². The molecular formula is C14H16ClNS. The highest BCUT2D eigenvalue weighted by atomic mass is 35.5. The zero-order valence-electron chi connectivity index (χ0n) is 10.0. The van der Waals surface area contributed by atoms with Crippen LogP contribution in [0.1, 0.15) is 25.5 Å². The summed E-state index contributed by atoms with van der Waals surface area (Å²) in [6, 6.07) is 13.0. The lowest BCUT2D eigenvalue weighted by atomic mass is 10.0. The van der Waals surface area contributed by atoms with Crippen LogP contribution in [0.25, 0.3) is 10.4 Å². The van der Waals surface area contributed by atoms with Crippen molar-refractivity contribution in [3.8, 4) is 10.4 Å². The predicted molar refractivity (Wildman–Crippen MR) is 76.9 cm³/mol. The SMILES string of the molecule is CCNC(C)c1cccc(-c2ccc(Cl)s2)c1. The van der Waals surface area contributed by atoms with Gasteiger partial charge in [0.05, 0.1) is 4.34 Å². The molecule has 90 valence electrons. The number of rotatable bonds is 4. The van der Waals surface area contributed by atoms with Gasteiger partial charge in [0.15, 0.2) is 0 Å². The molecule has 0 spiro atoms. The Morgan fingerprint density at radius 2 is 2.12 bits per heavy atom. The number of hydrogen-bond donors (Lipinski definition) is 1. The van der Waals surface area contributed by atoms with Gasteiger partial charge in [-0.1, -0.05) is 36.7 Å². The normalized spacial score (nSPS) is 12.6. The van der Waals surface area contributed by atoms with Crippen LogP contribution in [0.2, 0.25) is 4.34 Å². The van der Waals surface area contributed by atoms with E-state index in [9.17, 15) is 0 Å². The molecule has 0 aliphatic rings. The number of benzene rings is 1. The van der Waals surface area contributed by atoms with E-state index in [1.807, 2.05) is 6.07 Å². The van der Waals surface area contributed by atoms with Gasteiger partial charge in [0, 0.05) is 10.9 Å². The maximum absolute atomic E-state index is 5.97. The maximum atomic E-state index is 5.97. The van der Waals surface area contributed by atoms with E-state index in [0.717, 1.165) is 10.9 Å². The van der Waals surface area contributed by atoms with E-state index in [-0.39, 0.29) is 0 Å². The van der Waals surface area contributed by atoms with Crippen LogP contribution in [0.15, 0.2) is 36.4 Å². The van der Waals surface area contributed by atoms with Gasteiger partial charge in [-0.15, -0.1) is 11.3 Å². The van der Waals surface area contributed by atoms with Gasteiger partial charge in [-0.05, 0) is 42.8 Å². The van der Waals surface area contributed by atoms with Gasteiger partial charge in [0.25, 0.3) is 0 Å². The summed E-state index contributed by atoms with van der Waals surface area (Å²) >= 11 is 7.59. The lowest BCUT2D eigenvalue weighted by Gasteiger charge is -2.13. The van der Waals surface area contributed by atoms with Crippen LogP contribution in [0.5, 0.6) is 0 Å². The summed E-state index contributed by atoms with van der Waals surface area (Å²) in [5.74, 6) is 0. The number of nitrogens with one attached hydrogen (secondary N) is 1. The summed E-state index contributed by atoms with van der Waals surface area (Å²) in [6.45, 7) is 5.29. The van der Waals surface area contributed by atoms with Crippen molar-refractivity contribution in [1.82, 2.24) is 5.32 Å². The third-order valence-corrected chi connectivity index (χ3v) is 4.03. The fourth-order valence-corrected chi connectivity index (χ4v) is 2.89. The quantitative estimate of drug-likeness (QED) is 0.842. The van der Waals surface area contributed by atoms with E-state index >= 15 is 0 Å². The summed E-state index contributed by atoms with van der Waals surface area (Å²) in [7, 11) is 0. The van der Waals surface area contributed by atoms with E-state index in [0.29, 0.717) is 6.04 Å². The third-order valence-electron chi connectivity index (χ3n) is 2.75. The summed E-state index contributed by atoms with van der Waals surface area (Å²) in [5, 5.41) is 3.42. The van der Waals surface area contributed by atoms with Crippen molar-refractivity contribution >= 4 is 22.9 Å². The molecule has 17 heavy (non-hydrogen) atoms. The van der Waals surface area contributed by atoms with E-state index in [1.165, 1.54) is 16.0 Å². The topological polar surface area (TPSA) is 12.0 Å². The van der Waals surface area contributed by atoms with Gasteiger partial charge in [-0.2, -0.15) is 0 Å². The molecular weight excluding hydrogens is 250 g/mol. The highest BCUT2D eigenvalue weighted by Crippen LogP contribution is 2.32. The molecule has 0 amide bonds. The molecule has 0 radical (unpaired) electrons. The van der Waals surface area contributed by atoms with Crippen LogP contribution in [-0.4, -0.2) is 6.54 Å². The first-order valence-electron chi connectivity index (χ1n) is 5.79. The predicted octanol–water partition coefficient (Wildman–Crippen LogP) is 4.74. The molecule has 1 nitrogen and oxygen atoms in total. The van der Waals surface area contributed by atoms with Gasteiger partial charge in [-0.3, -0.25) is 0 Å². The lowest BCUT2D eigenvalue weighted by Crippen LogP contribution is -2.17. The van der Waals surface area contributed by atoms with E-state index < -0.39 is 0 Å². The molecule has 1 atom stereocenters. The molecule has 1 N–H and O–H groups in total. The average Bonchev–Trinajstić information content (AvgIpc) is 2.76. The molecule has 2 aromatic rings. The molecule has 0 aliphatic carbocycles. The molecule has 1 heterocycles. The van der Waals surface area contributed by atoms with Gasteiger partial charge in [0.2, 0.25) is 0 Å². The minimum atomic E-state index is 0.385. The van der Waals surface area contributed by atoms with Gasteiger partial charge < -0.3 is 5.32 Å². The Kier molecular flexibility index (Phi) is 4.21. The first kappa shape index (κ1) is 12.6. The maximum Gasteiger partial charge on any atom is 0.0934 e. The van der Waals surface area contributed by atoms with E-state index in [4.69, 9.17) is 11.6 Å². The Balaban J connectivity index is 2.28. The van der Waals surface area contributed by atoms with E-state index in [2.05, 4.69) is 49.5 Å². The summed E-state index contributed by atoms with van der Waals surface area (Å²) in [5.41, 5.74) is 2.55. The number of hydrogen-bond acceptors (Lipinski definition) is 2. The molecule has 0 bridgehead atoms. The van der Waals surface area contributed by atoms with Crippen LogP contribution < -0.4 is 5.32 Å². The van der Waals surface area contributed by atoms with Crippen molar-refractivity contribution in [3.05, 3.63) is 46.3 Å². The molecule has 0 fully saturated rings. The minimum Gasteiger partial charge on any atom is -0.310 e. The first-order chi connectivity index (χ1) is 8.20. The fourth-order valence-electron chi connectivity index (χ4n) is 1.85. The zero-order chi connectivity index (χ0) is 12.3. The molecule has 2 rings (SSSR count). The van der Waals surface area contributed by atoms with Crippen LogP contribution in [-0.2, 0) is 0 Å². The first-order valence-corrected chi connectivity index (χ1v) is 6.99. The Bertz CT molecular complexity index is 492. The Labute approximate surface area is 111 Å². The highest BCUT2D eigenvalue weighted by Gasteiger charge is 2.06. The highest BCUT2D eigenvalue weighted by molar-refractivity contribution is 7.19. The Morgan fingerprint density at radius 3 is 2.76 bits per heavy atom. The van der Waals surface area contributed by atoms with Crippen LogP contribution in [0, 0.1) is 0 Å². The van der Waals surface area contributed by atoms with Crippen molar-refractivity contribution < 1.29 is 0 Å². The minimum absolute atomic E-state index is 0.385. The lowest BCUT2D eigenvalue weighted by molar-refractivity contribution is 0.598. The second-order valence-corrected chi connectivity index (χ2v) is 5.72. The second-order valence-electron chi connectivity index (χ2n) is 4.01. The number of halogens is 1. The summed E-state index contributed by atoms with van der Waals surface area (Å²) in [6.07, 6.45) is 0. The van der Waals surface area contributed by atoms with Gasteiger partial charge in [-0.25, -0.2) is 0 Å². The largest absolute Gasteiger partial charge is 0.310 e. The van der Waals surface area contributed by atoms with Crippen LogP contribution in [0.4, 0.5) is 0 Å². The van der Waals surface area contributed by atoms with Crippen molar-refractivity contribution in [2.75, 3.05) is 6.54 Å². The van der Waals surface area contributed by atoms with Crippen molar-refractivity contribution in [1.29, 1.82) is 0 Å². The standard InChI is InChI=1S/C14H16ClNS/c1-3-16-10(2)11-5-4-6-12(9-11)13-7-8-14(15)17-13/h4-10,16H,3H2,1-2H3. The second kappa shape index (κ2) is 5.67. The molecule has 1 unspecified atom stereocenters. The molecule has 3 heteroatoms. The average molecular weight is 266 g/mol. The molecule has 0 saturated heterocycles. The molecule has 0 aliphatic heterocycles. The van der Waals surface area contributed by atoms with E-state index in [1.54, 1.807) is 11.3 Å². The number of thiophene rings is 1. The Hall–Kier alpha value is -0.830. The third kappa shape index (κ3) is 3.09. The summed E-state index contributed by atoms with van der Waals surface area (Å²) in [4.78, 5) is 1.22. The Morgan fingerprint density at radius 1 is 1.29 bits per heavy atom. The van der Waals surface area contributed by atoms with Gasteiger partial charge in [0.1, 0.15) is 0 Å². The van der Waals surface area contributed by atoms with Gasteiger partial charge >= 0.3 is 0 Å². The van der Waals surface area contributed by atoms with Crippen LogP contribution >= 0.6 is 22.9 Å². The fraction of sp³-hybridized carbons (Fsp3) is 0.286. The molecule has 1 aromatic heterocycles. The van der Waals surface area contributed by atoms with Crippen molar-refractivity contribution in [3.63, 3.8) is 0 Å². The van der Waals surface area contributed by atoms with Crippen molar-refractivity contribution in [2.24, 2.45) is 0 Å². The summed E-state index contributed by atoms with van der Waals surface area (Å²) < 4.78 is 0.838. The monoisotopic (exact) mass is 265 g/mol.